The van der Waals surface area contributed by atoms with Crippen LogP contribution in [0.5, 0.6) is 0 Å². The Bertz CT molecular complexity index is 467. The van der Waals surface area contributed by atoms with Gasteiger partial charge in [-0.15, -0.1) is 0 Å². The fraction of sp³-hybridized carbons (Fsp3) is 0.500. The maximum absolute atomic E-state index is 12.2. The van der Waals surface area contributed by atoms with Crippen LogP contribution < -0.4 is 10.6 Å². The molecule has 19 heavy (non-hydrogen) atoms. The molecule has 2 atom stereocenters. The molecule has 104 valence electrons. The number of piperidine rings is 1. The Hall–Kier alpha value is -0.580. The van der Waals surface area contributed by atoms with Crippen LogP contribution in [0.2, 0.25) is 5.02 Å². The van der Waals surface area contributed by atoms with E-state index in [0.717, 1.165) is 30.3 Å². The lowest BCUT2D eigenvalue weighted by Crippen LogP contribution is -2.46. The monoisotopic (exact) mass is 344 g/mol. The van der Waals surface area contributed by atoms with E-state index in [4.69, 9.17) is 11.6 Å². The Morgan fingerprint density at radius 3 is 3.05 bits per heavy atom. The van der Waals surface area contributed by atoms with Gasteiger partial charge in [-0.1, -0.05) is 40.9 Å². The van der Waals surface area contributed by atoms with Crippen molar-refractivity contribution in [2.45, 2.75) is 32.2 Å². The van der Waals surface area contributed by atoms with Gasteiger partial charge >= 0.3 is 0 Å². The van der Waals surface area contributed by atoms with Gasteiger partial charge < -0.3 is 10.6 Å². The fourth-order valence-corrected chi connectivity index (χ4v) is 3.10. The summed E-state index contributed by atoms with van der Waals surface area (Å²) in [5, 5.41) is 6.71. The molecular weight excluding hydrogens is 328 g/mol. The summed E-state index contributed by atoms with van der Waals surface area (Å²) in [5.74, 6) is 0.639. The zero-order chi connectivity index (χ0) is 13.8. The van der Waals surface area contributed by atoms with Gasteiger partial charge in [-0.3, -0.25) is 4.79 Å². The summed E-state index contributed by atoms with van der Waals surface area (Å²) in [7, 11) is 0. The van der Waals surface area contributed by atoms with Crippen LogP contribution in [0.1, 0.15) is 26.2 Å². The first kappa shape index (κ1) is 14.8. The van der Waals surface area contributed by atoms with E-state index < -0.39 is 0 Å². The number of rotatable bonds is 3. The smallest absolute Gasteiger partial charge is 0.241 e. The number of benzene rings is 1. The first-order valence-corrected chi connectivity index (χ1v) is 7.76. The third-order valence-electron chi connectivity index (χ3n) is 3.60. The minimum atomic E-state index is -0.113. The van der Waals surface area contributed by atoms with Crippen molar-refractivity contribution in [1.29, 1.82) is 0 Å². The van der Waals surface area contributed by atoms with Crippen LogP contribution in [0.4, 0.5) is 5.69 Å². The minimum absolute atomic E-state index is 0.00220. The molecule has 1 saturated heterocycles. The van der Waals surface area contributed by atoms with Crippen LogP contribution in [-0.2, 0) is 4.79 Å². The standard InChI is InChI=1S/C14H18BrClN2O/c1-2-9-5-6-17-13(7-9)14(19)18-12-4-3-10(15)8-11(12)16/h3-4,8-9,13,17H,2,5-7H2,1H3,(H,18,19). The summed E-state index contributed by atoms with van der Waals surface area (Å²) in [6.45, 7) is 3.08. The average molecular weight is 346 g/mol. The molecule has 0 saturated carbocycles. The molecule has 0 spiro atoms. The van der Waals surface area contributed by atoms with Crippen molar-refractivity contribution in [2.24, 2.45) is 5.92 Å². The van der Waals surface area contributed by atoms with E-state index in [0.29, 0.717) is 16.6 Å². The molecule has 1 aromatic carbocycles. The SMILES string of the molecule is CCC1CCNC(C(=O)Nc2ccc(Br)cc2Cl)C1. The second-order valence-electron chi connectivity index (χ2n) is 4.92. The number of anilines is 1. The van der Waals surface area contributed by atoms with Gasteiger partial charge in [0.1, 0.15) is 0 Å². The van der Waals surface area contributed by atoms with E-state index in [-0.39, 0.29) is 11.9 Å². The number of nitrogens with one attached hydrogen (secondary N) is 2. The van der Waals surface area contributed by atoms with Gasteiger partial charge in [-0.2, -0.15) is 0 Å². The van der Waals surface area contributed by atoms with Crippen molar-refractivity contribution in [1.82, 2.24) is 5.32 Å². The van der Waals surface area contributed by atoms with Crippen molar-refractivity contribution >= 4 is 39.1 Å². The third-order valence-corrected chi connectivity index (χ3v) is 4.40. The van der Waals surface area contributed by atoms with E-state index in [9.17, 15) is 4.79 Å². The van der Waals surface area contributed by atoms with Gasteiger partial charge in [0, 0.05) is 4.47 Å². The molecule has 0 aromatic heterocycles. The number of hydrogen-bond acceptors (Lipinski definition) is 2. The number of hydrogen-bond donors (Lipinski definition) is 2. The molecule has 2 N–H and O–H groups in total. The van der Waals surface area contributed by atoms with Crippen molar-refractivity contribution < 1.29 is 4.79 Å². The Kier molecular flexibility index (Phi) is 5.25. The quantitative estimate of drug-likeness (QED) is 0.874. The Labute approximate surface area is 127 Å². The van der Waals surface area contributed by atoms with Crippen LogP contribution in [0.15, 0.2) is 22.7 Å². The van der Waals surface area contributed by atoms with Gasteiger partial charge in [0.25, 0.3) is 0 Å². The van der Waals surface area contributed by atoms with Gasteiger partial charge in [0.2, 0.25) is 5.91 Å². The average Bonchev–Trinajstić information content (AvgIpc) is 2.42. The number of carbonyl (C=O) groups excluding carboxylic acids is 1. The van der Waals surface area contributed by atoms with Gasteiger partial charge in [0.05, 0.1) is 16.8 Å². The van der Waals surface area contributed by atoms with Gasteiger partial charge in [-0.05, 0) is 43.5 Å². The van der Waals surface area contributed by atoms with Crippen molar-refractivity contribution in [2.75, 3.05) is 11.9 Å². The minimum Gasteiger partial charge on any atom is -0.323 e. The maximum Gasteiger partial charge on any atom is 0.241 e. The lowest BCUT2D eigenvalue weighted by Gasteiger charge is -2.28. The molecule has 2 rings (SSSR count). The van der Waals surface area contributed by atoms with E-state index >= 15 is 0 Å². The lowest BCUT2D eigenvalue weighted by molar-refractivity contribution is -0.119. The predicted molar refractivity (Wildman–Crippen MR) is 82.6 cm³/mol. The first-order chi connectivity index (χ1) is 9.10. The van der Waals surface area contributed by atoms with E-state index in [1.165, 1.54) is 0 Å². The molecule has 0 bridgehead atoms. The summed E-state index contributed by atoms with van der Waals surface area (Å²) >= 11 is 9.45. The highest BCUT2D eigenvalue weighted by molar-refractivity contribution is 9.10. The second-order valence-corrected chi connectivity index (χ2v) is 6.24. The summed E-state index contributed by atoms with van der Waals surface area (Å²) in [4.78, 5) is 12.2. The molecule has 1 aliphatic rings. The molecule has 1 aromatic rings. The lowest BCUT2D eigenvalue weighted by atomic mass is 9.90. The largest absolute Gasteiger partial charge is 0.323 e. The molecule has 0 aliphatic carbocycles. The summed E-state index contributed by atoms with van der Waals surface area (Å²) < 4.78 is 0.900. The van der Waals surface area contributed by atoms with Crippen molar-refractivity contribution in [3.05, 3.63) is 27.7 Å². The highest BCUT2D eigenvalue weighted by Crippen LogP contribution is 2.26. The highest BCUT2D eigenvalue weighted by Gasteiger charge is 2.26. The van der Waals surface area contributed by atoms with E-state index in [1.54, 1.807) is 6.07 Å². The summed E-state index contributed by atoms with van der Waals surface area (Å²) in [5.41, 5.74) is 0.662. The molecule has 1 fully saturated rings. The second kappa shape index (κ2) is 6.73. The molecule has 1 amide bonds. The molecule has 5 heteroatoms. The summed E-state index contributed by atoms with van der Waals surface area (Å²) in [6, 6.07) is 5.34. The van der Waals surface area contributed by atoms with E-state index in [2.05, 4.69) is 33.5 Å². The molecule has 0 radical (unpaired) electrons. The first-order valence-electron chi connectivity index (χ1n) is 6.59. The fourth-order valence-electron chi connectivity index (χ4n) is 2.38. The van der Waals surface area contributed by atoms with E-state index in [1.807, 2.05) is 12.1 Å². The maximum atomic E-state index is 12.2. The molecule has 2 unspecified atom stereocenters. The van der Waals surface area contributed by atoms with Crippen molar-refractivity contribution in [3.8, 4) is 0 Å². The Morgan fingerprint density at radius 1 is 1.58 bits per heavy atom. The molecule has 1 aliphatic heterocycles. The zero-order valence-corrected chi connectivity index (χ0v) is 13.2. The van der Waals surface area contributed by atoms with Crippen LogP contribution in [0.3, 0.4) is 0 Å². The number of halogens is 2. The van der Waals surface area contributed by atoms with Crippen LogP contribution in [-0.4, -0.2) is 18.5 Å². The number of amides is 1. The number of carbonyl (C=O) groups is 1. The summed E-state index contributed by atoms with van der Waals surface area (Å²) in [6.07, 6.45) is 3.18. The molecule has 1 heterocycles. The normalized spacial score (nSPS) is 23.1. The van der Waals surface area contributed by atoms with Crippen LogP contribution in [0.25, 0.3) is 0 Å². The van der Waals surface area contributed by atoms with Gasteiger partial charge in [0.15, 0.2) is 0 Å². The Morgan fingerprint density at radius 2 is 2.37 bits per heavy atom. The van der Waals surface area contributed by atoms with Gasteiger partial charge in [-0.25, -0.2) is 0 Å². The van der Waals surface area contributed by atoms with Crippen molar-refractivity contribution in [3.63, 3.8) is 0 Å². The molecular formula is C14H18BrClN2O. The third kappa shape index (κ3) is 3.94. The van der Waals surface area contributed by atoms with Crippen LogP contribution in [0, 0.1) is 5.92 Å². The zero-order valence-electron chi connectivity index (χ0n) is 10.9. The highest BCUT2D eigenvalue weighted by atomic mass is 79.9. The Balaban J connectivity index is 2.00. The molecule has 3 nitrogen and oxygen atoms in total. The predicted octanol–water partition coefficient (Wildman–Crippen LogP) is 3.82. The topological polar surface area (TPSA) is 41.1 Å². The van der Waals surface area contributed by atoms with Crippen LogP contribution >= 0.6 is 27.5 Å².